The van der Waals surface area contributed by atoms with Gasteiger partial charge in [0.15, 0.2) is 0 Å². The highest BCUT2D eigenvalue weighted by Crippen LogP contribution is 2.35. The van der Waals surface area contributed by atoms with Crippen LogP contribution in [0, 0.1) is 11.8 Å². The van der Waals surface area contributed by atoms with Crippen LogP contribution in [0.5, 0.6) is 5.75 Å². The van der Waals surface area contributed by atoms with Crippen molar-refractivity contribution in [3.63, 3.8) is 0 Å². The summed E-state index contributed by atoms with van der Waals surface area (Å²) >= 11 is 0. The van der Waals surface area contributed by atoms with Crippen LogP contribution in [0.25, 0.3) is 0 Å². The summed E-state index contributed by atoms with van der Waals surface area (Å²) in [5.41, 5.74) is 1.71. The summed E-state index contributed by atoms with van der Waals surface area (Å²) in [5, 5.41) is 12.5. The number of aromatic nitrogens is 1. The van der Waals surface area contributed by atoms with Crippen molar-refractivity contribution in [2.45, 2.75) is 27.7 Å². The van der Waals surface area contributed by atoms with Crippen LogP contribution in [0.1, 0.15) is 27.7 Å². The summed E-state index contributed by atoms with van der Waals surface area (Å²) in [6.45, 7) is 7.47. The molecule has 2 heterocycles. The fraction of sp³-hybridized carbons (Fsp3) is 0.421. The Balaban J connectivity index is 2.06. The molecular formula is C19H24N2O5. The van der Waals surface area contributed by atoms with Crippen LogP contribution in [-0.4, -0.2) is 35.2 Å². The van der Waals surface area contributed by atoms with Gasteiger partial charge >= 0.3 is 11.9 Å². The highest BCUT2D eigenvalue weighted by Gasteiger charge is 2.37. The molecular weight excluding hydrogens is 336 g/mol. The van der Waals surface area contributed by atoms with Crippen LogP contribution >= 0.6 is 0 Å². The lowest BCUT2D eigenvalue weighted by atomic mass is 9.78. The van der Waals surface area contributed by atoms with E-state index in [1.807, 2.05) is 13.8 Å². The van der Waals surface area contributed by atoms with Crippen LogP contribution in [0.3, 0.4) is 0 Å². The number of dihydropyridines is 1. The number of rotatable bonds is 7. The maximum absolute atomic E-state index is 12.6. The van der Waals surface area contributed by atoms with Crippen LogP contribution < -0.4 is 10.1 Å². The Kier molecular flexibility index (Phi) is 6.38. The second-order valence-electron chi connectivity index (χ2n) is 6.40. The van der Waals surface area contributed by atoms with Gasteiger partial charge in [0, 0.05) is 23.5 Å². The van der Waals surface area contributed by atoms with Gasteiger partial charge in [-0.05, 0) is 31.9 Å². The zero-order valence-electron chi connectivity index (χ0n) is 15.4. The van der Waals surface area contributed by atoms with Gasteiger partial charge in [-0.2, -0.15) is 0 Å². The number of carboxylic acid groups (broad SMARTS) is 1. The Bertz CT molecular complexity index is 738. The van der Waals surface area contributed by atoms with E-state index in [2.05, 4.69) is 10.3 Å². The van der Waals surface area contributed by atoms with E-state index in [0.29, 0.717) is 22.7 Å². The van der Waals surface area contributed by atoms with E-state index in [1.165, 1.54) is 0 Å². The molecule has 2 rings (SSSR count). The molecule has 1 aromatic heterocycles. The number of hydrogen-bond donors (Lipinski definition) is 2. The van der Waals surface area contributed by atoms with Gasteiger partial charge in [-0.25, -0.2) is 9.59 Å². The Labute approximate surface area is 152 Å². The Hall–Kier alpha value is -2.83. The molecule has 1 atom stereocenters. The van der Waals surface area contributed by atoms with Crippen molar-refractivity contribution in [1.82, 2.24) is 10.3 Å². The molecule has 1 unspecified atom stereocenters. The fourth-order valence-corrected chi connectivity index (χ4v) is 3.07. The molecule has 140 valence electrons. The van der Waals surface area contributed by atoms with Gasteiger partial charge in [0.2, 0.25) is 0 Å². The van der Waals surface area contributed by atoms with Crippen LogP contribution in [0.15, 0.2) is 47.1 Å². The van der Waals surface area contributed by atoms with E-state index in [4.69, 9.17) is 9.47 Å². The maximum Gasteiger partial charge on any atom is 0.336 e. The highest BCUT2D eigenvalue weighted by molar-refractivity contribution is 5.97. The zero-order chi connectivity index (χ0) is 19.3. The molecule has 1 aromatic rings. The van der Waals surface area contributed by atoms with Crippen molar-refractivity contribution in [3.8, 4) is 5.75 Å². The predicted molar refractivity (Wildman–Crippen MR) is 95.2 cm³/mol. The number of allylic oxidation sites excluding steroid dienone is 2. The molecule has 7 nitrogen and oxygen atoms in total. The minimum Gasteiger partial charge on any atom is -0.488 e. The van der Waals surface area contributed by atoms with Gasteiger partial charge < -0.3 is 19.9 Å². The van der Waals surface area contributed by atoms with Crippen molar-refractivity contribution < 1.29 is 24.2 Å². The quantitative estimate of drug-likeness (QED) is 0.569. The standard InChI is InChI=1S/C19H24N2O5/c1-11(2)15-16(18(22)23)12(3)21-13(4)17(15)19(24)26-9-8-25-14-6-5-7-20-10-14/h5-7,10-11,15,21H,8-9H2,1-4H3,(H,22,23). The average molecular weight is 360 g/mol. The summed E-state index contributed by atoms with van der Waals surface area (Å²) in [5.74, 6) is -1.58. The minimum absolute atomic E-state index is 0.0560. The van der Waals surface area contributed by atoms with Crippen molar-refractivity contribution in [2.24, 2.45) is 11.8 Å². The molecule has 0 amide bonds. The van der Waals surface area contributed by atoms with Gasteiger partial charge in [-0.3, -0.25) is 4.98 Å². The van der Waals surface area contributed by atoms with E-state index >= 15 is 0 Å². The number of carbonyl (C=O) groups excluding carboxylic acids is 1. The lowest BCUT2D eigenvalue weighted by molar-refractivity contribution is -0.140. The summed E-state index contributed by atoms with van der Waals surface area (Å²) in [4.78, 5) is 28.2. The second kappa shape index (κ2) is 8.51. The van der Waals surface area contributed by atoms with Gasteiger partial charge in [0.05, 0.1) is 17.3 Å². The monoisotopic (exact) mass is 360 g/mol. The number of nitrogens with zero attached hydrogens (tertiary/aromatic N) is 1. The van der Waals surface area contributed by atoms with E-state index in [0.717, 1.165) is 0 Å². The van der Waals surface area contributed by atoms with Gasteiger partial charge in [0.25, 0.3) is 0 Å². The normalized spacial score (nSPS) is 17.2. The molecule has 0 aromatic carbocycles. The summed E-state index contributed by atoms with van der Waals surface area (Å²) in [6.07, 6.45) is 3.21. The van der Waals surface area contributed by atoms with Crippen molar-refractivity contribution >= 4 is 11.9 Å². The van der Waals surface area contributed by atoms with Gasteiger partial charge in [0.1, 0.15) is 19.0 Å². The number of carbonyl (C=O) groups is 2. The Morgan fingerprint density at radius 3 is 2.50 bits per heavy atom. The van der Waals surface area contributed by atoms with E-state index in [1.54, 1.807) is 38.4 Å². The number of pyridine rings is 1. The largest absolute Gasteiger partial charge is 0.488 e. The number of esters is 1. The highest BCUT2D eigenvalue weighted by atomic mass is 16.6. The third kappa shape index (κ3) is 4.41. The van der Waals surface area contributed by atoms with Crippen LogP contribution in [-0.2, 0) is 14.3 Å². The number of nitrogens with one attached hydrogen (secondary N) is 1. The number of aliphatic carboxylic acids is 1. The zero-order valence-corrected chi connectivity index (χ0v) is 15.4. The molecule has 0 bridgehead atoms. The lowest BCUT2D eigenvalue weighted by Crippen LogP contribution is -2.35. The van der Waals surface area contributed by atoms with E-state index < -0.39 is 17.9 Å². The lowest BCUT2D eigenvalue weighted by Gasteiger charge is -2.31. The maximum atomic E-state index is 12.6. The molecule has 0 aliphatic carbocycles. The number of ether oxygens (including phenoxy) is 2. The molecule has 7 heteroatoms. The molecule has 26 heavy (non-hydrogen) atoms. The molecule has 1 aliphatic heterocycles. The van der Waals surface area contributed by atoms with Crippen LogP contribution in [0.4, 0.5) is 0 Å². The Morgan fingerprint density at radius 1 is 1.23 bits per heavy atom. The minimum atomic E-state index is -1.04. The molecule has 0 spiro atoms. The summed E-state index contributed by atoms with van der Waals surface area (Å²) in [7, 11) is 0. The van der Waals surface area contributed by atoms with E-state index in [9.17, 15) is 14.7 Å². The first-order valence-corrected chi connectivity index (χ1v) is 8.44. The summed E-state index contributed by atoms with van der Waals surface area (Å²) in [6, 6.07) is 3.51. The van der Waals surface area contributed by atoms with E-state index in [-0.39, 0.29) is 24.7 Å². The van der Waals surface area contributed by atoms with Crippen molar-refractivity contribution in [2.75, 3.05) is 13.2 Å². The molecule has 2 N–H and O–H groups in total. The molecule has 0 radical (unpaired) electrons. The first-order chi connectivity index (χ1) is 12.3. The van der Waals surface area contributed by atoms with Crippen LogP contribution in [0.2, 0.25) is 0 Å². The molecule has 0 saturated carbocycles. The third-order valence-corrected chi connectivity index (χ3v) is 4.14. The molecule has 1 aliphatic rings. The topological polar surface area (TPSA) is 97.8 Å². The SMILES string of the molecule is CC1=C(C(=O)O)C(C(C)C)C(C(=O)OCCOc2cccnc2)=C(C)N1. The molecule has 0 fully saturated rings. The number of carboxylic acids is 1. The van der Waals surface area contributed by atoms with Gasteiger partial charge in [-0.15, -0.1) is 0 Å². The fourth-order valence-electron chi connectivity index (χ4n) is 3.07. The predicted octanol–water partition coefficient (Wildman–Crippen LogP) is 2.51. The van der Waals surface area contributed by atoms with Crippen molar-refractivity contribution in [1.29, 1.82) is 0 Å². The Morgan fingerprint density at radius 2 is 1.92 bits per heavy atom. The van der Waals surface area contributed by atoms with Crippen molar-refractivity contribution in [3.05, 3.63) is 47.1 Å². The smallest absolute Gasteiger partial charge is 0.336 e. The first-order valence-electron chi connectivity index (χ1n) is 8.44. The average Bonchev–Trinajstić information content (AvgIpc) is 2.58. The number of hydrogen-bond acceptors (Lipinski definition) is 6. The second-order valence-corrected chi connectivity index (χ2v) is 6.40. The summed E-state index contributed by atoms with van der Waals surface area (Å²) < 4.78 is 10.8. The van der Waals surface area contributed by atoms with Gasteiger partial charge in [-0.1, -0.05) is 13.8 Å². The first kappa shape index (κ1) is 19.5. The third-order valence-electron chi connectivity index (χ3n) is 4.14. The molecule has 0 saturated heterocycles.